The van der Waals surface area contributed by atoms with Crippen molar-refractivity contribution in [2.45, 2.75) is 10.6 Å². The highest BCUT2D eigenvalue weighted by atomic mass is 32.2. The first-order valence-electron chi connectivity index (χ1n) is 5.04. The second kappa shape index (κ2) is 4.28. The Morgan fingerprint density at radius 1 is 1.53 bits per heavy atom. The third-order valence-corrected chi connectivity index (χ3v) is 6.04. The van der Waals surface area contributed by atoms with Gasteiger partial charge in [0, 0.05) is 24.2 Å². The van der Waals surface area contributed by atoms with Crippen LogP contribution in [0, 0.1) is 5.92 Å². The van der Waals surface area contributed by atoms with E-state index in [2.05, 4.69) is 0 Å². The quantitative estimate of drug-likeness (QED) is 0.798. The van der Waals surface area contributed by atoms with E-state index in [0.717, 1.165) is 11.3 Å². The largest absolute Gasteiger partial charge is 0.398 e. The lowest BCUT2D eigenvalue weighted by molar-refractivity contribution is -0.121. The Morgan fingerprint density at radius 2 is 2.24 bits per heavy atom. The summed E-state index contributed by atoms with van der Waals surface area (Å²) in [5, 5.41) is 1.58. The average molecular weight is 275 g/mol. The molecule has 2 heterocycles. The van der Waals surface area contributed by atoms with Crippen molar-refractivity contribution in [3.8, 4) is 0 Å². The van der Waals surface area contributed by atoms with E-state index >= 15 is 0 Å². The molecule has 6 nitrogen and oxygen atoms in total. The van der Waals surface area contributed by atoms with Crippen LogP contribution >= 0.6 is 11.3 Å². The lowest BCUT2D eigenvalue weighted by Gasteiger charge is -2.14. The van der Waals surface area contributed by atoms with Crippen molar-refractivity contribution in [2.75, 3.05) is 18.8 Å². The summed E-state index contributed by atoms with van der Waals surface area (Å²) in [6.45, 7) is 0.489. The third-order valence-electron chi connectivity index (χ3n) is 2.74. The van der Waals surface area contributed by atoms with Crippen LogP contribution in [0.5, 0.6) is 0 Å². The minimum Gasteiger partial charge on any atom is -0.398 e. The number of amides is 1. The van der Waals surface area contributed by atoms with Crippen molar-refractivity contribution in [3.63, 3.8) is 0 Å². The van der Waals surface area contributed by atoms with Crippen LogP contribution in [-0.2, 0) is 14.8 Å². The molecule has 0 radical (unpaired) electrons. The number of nitrogen functional groups attached to an aromatic ring is 1. The number of primary amides is 1. The summed E-state index contributed by atoms with van der Waals surface area (Å²) in [7, 11) is -3.52. The summed E-state index contributed by atoms with van der Waals surface area (Å²) in [5.41, 5.74) is 11.1. The molecule has 1 aliphatic rings. The Balaban J connectivity index is 2.21. The number of nitrogens with two attached hydrogens (primary N) is 2. The third kappa shape index (κ3) is 2.28. The van der Waals surface area contributed by atoms with Crippen molar-refractivity contribution in [3.05, 3.63) is 11.4 Å². The molecular weight excluding hydrogens is 262 g/mol. The fraction of sp³-hybridized carbons (Fsp3) is 0.444. The molecule has 4 N–H and O–H groups in total. The molecule has 1 saturated heterocycles. The van der Waals surface area contributed by atoms with E-state index in [1.54, 1.807) is 5.38 Å². The Labute approximate surface area is 103 Å². The maximum Gasteiger partial charge on any atom is 0.252 e. The predicted octanol–water partition coefficient (Wildman–Crippen LogP) is -0.174. The van der Waals surface area contributed by atoms with Crippen LogP contribution in [0.2, 0.25) is 0 Å². The van der Waals surface area contributed by atoms with Crippen LogP contribution in [0.3, 0.4) is 0 Å². The molecule has 8 heteroatoms. The number of thiophene rings is 1. The van der Waals surface area contributed by atoms with Gasteiger partial charge in [-0.05, 0) is 12.5 Å². The van der Waals surface area contributed by atoms with Crippen molar-refractivity contribution >= 4 is 33.0 Å². The Morgan fingerprint density at radius 3 is 2.71 bits per heavy atom. The normalized spacial score (nSPS) is 21.8. The molecule has 1 fully saturated rings. The van der Waals surface area contributed by atoms with Crippen LogP contribution in [0.15, 0.2) is 15.7 Å². The van der Waals surface area contributed by atoms with E-state index in [-0.39, 0.29) is 16.7 Å². The second-order valence-electron chi connectivity index (χ2n) is 3.95. The lowest BCUT2D eigenvalue weighted by Crippen LogP contribution is -2.31. The van der Waals surface area contributed by atoms with Gasteiger partial charge in [-0.3, -0.25) is 4.79 Å². The smallest absolute Gasteiger partial charge is 0.252 e. The minimum atomic E-state index is -3.52. The van der Waals surface area contributed by atoms with Gasteiger partial charge in [0.1, 0.15) is 4.21 Å². The van der Waals surface area contributed by atoms with E-state index < -0.39 is 15.9 Å². The van der Waals surface area contributed by atoms with Gasteiger partial charge in [0.15, 0.2) is 0 Å². The number of anilines is 1. The molecule has 1 aromatic rings. The zero-order valence-corrected chi connectivity index (χ0v) is 10.6. The van der Waals surface area contributed by atoms with Gasteiger partial charge in [-0.1, -0.05) is 0 Å². The monoisotopic (exact) mass is 275 g/mol. The summed E-state index contributed by atoms with van der Waals surface area (Å²) in [5.74, 6) is -0.838. The predicted molar refractivity (Wildman–Crippen MR) is 64.8 cm³/mol. The SMILES string of the molecule is NC(=O)C1CCN(S(=O)(=O)c2cc(N)cs2)C1. The molecule has 17 heavy (non-hydrogen) atoms. The highest BCUT2D eigenvalue weighted by Gasteiger charge is 2.35. The van der Waals surface area contributed by atoms with Gasteiger partial charge in [-0.25, -0.2) is 8.42 Å². The van der Waals surface area contributed by atoms with Crippen molar-refractivity contribution in [2.24, 2.45) is 11.7 Å². The maximum absolute atomic E-state index is 12.1. The summed E-state index contributed by atoms with van der Waals surface area (Å²) < 4.78 is 25.8. The molecular formula is C9H13N3O3S2. The van der Waals surface area contributed by atoms with Crippen LogP contribution in [0.1, 0.15) is 6.42 Å². The first-order valence-corrected chi connectivity index (χ1v) is 7.36. The first kappa shape index (κ1) is 12.3. The molecule has 2 rings (SSSR count). The maximum atomic E-state index is 12.1. The summed E-state index contributed by atoms with van der Waals surface area (Å²) in [4.78, 5) is 11.0. The van der Waals surface area contributed by atoms with Gasteiger partial charge >= 0.3 is 0 Å². The Bertz CT molecular complexity index is 537. The number of hydrogen-bond donors (Lipinski definition) is 2. The molecule has 1 aliphatic heterocycles. The molecule has 1 amide bonds. The van der Waals surface area contributed by atoms with Crippen molar-refractivity contribution in [1.82, 2.24) is 4.31 Å². The highest BCUT2D eigenvalue weighted by molar-refractivity contribution is 7.91. The molecule has 0 aromatic carbocycles. The Hall–Kier alpha value is -1.12. The lowest BCUT2D eigenvalue weighted by atomic mass is 10.1. The van der Waals surface area contributed by atoms with E-state index in [4.69, 9.17) is 11.5 Å². The highest BCUT2D eigenvalue weighted by Crippen LogP contribution is 2.28. The van der Waals surface area contributed by atoms with Gasteiger partial charge in [0.2, 0.25) is 5.91 Å². The molecule has 1 atom stereocenters. The molecule has 1 unspecified atom stereocenters. The van der Waals surface area contributed by atoms with E-state index in [0.29, 0.717) is 18.7 Å². The summed E-state index contributed by atoms with van der Waals surface area (Å²) >= 11 is 1.08. The number of carbonyl (C=O) groups excluding carboxylic acids is 1. The van der Waals surface area contributed by atoms with Gasteiger partial charge < -0.3 is 11.5 Å². The zero-order valence-electron chi connectivity index (χ0n) is 9.00. The number of hydrogen-bond acceptors (Lipinski definition) is 5. The van der Waals surface area contributed by atoms with Crippen LogP contribution < -0.4 is 11.5 Å². The second-order valence-corrected chi connectivity index (χ2v) is 7.03. The van der Waals surface area contributed by atoms with Crippen molar-refractivity contribution < 1.29 is 13.2 Å². The van der Waals surface area contributed by atoms with Crippen LogP contribution in [0.4, 0.5) is 5.69 Å². The van der Waals surface area contributed by atoms with Gasteiger partial charge in [0.25, 0.3) is 10.0 Å². The van der Waals surface area contributed by atoms with Crippen LogP contribution in [-0.4, -0.2) is 31.7 Å². The van der Waals surface area contributed by atoms with E-state index in [9.17, 15) is 13.2 Å². The summed E-state index contributed by atoms with van der Waals surface area (Å²) in [6.07, 6.45) is 0.482. The fourth-order valence-electron chi connectivity index (χ4n) is 1.77. The van der Waals surface area contributed by atoms with Gasteiger partial charge in [-0.15, -0.1) is 11.3 Å². The fourth-order valence-corrected chi connectivity index (χ4v) is 4.50. The number of rotatable bonds is 3. The van der Waals surface area contributed by atoms with E-state index in [1.807, 2.05) is 0 Å². The van der Waals surface area contributed by atoms with Crippen molar-refractivity contribution in [1.29, 1.82) is 0 Å². The number of carbonyl (C=O) groups is 1. The molecule has 0 saturated carbocycles. The number of sulfonamides is 1. The molecule has 1 aromatic heterocycles. The van der Waals surface area contributed by atoms with E-state index in [1.165, 1.54) is 10.4 Å². The van der Waals surface area contributed by atoms with Crippen LogP contribution in [0.25, 0.3) is 0 Å². The molecule has 0 aliphatic carbocycles. The average Bonchev–Trinajstić information content (AvgIpc) is 2.85. The standard InChI is InChI=1S/C9H13N3O3S2/c10-7-3-8(16-5-7)17(14,15)12-2-1-6(4-12)9(11)13/h3,5-6H,1-2,4,10H2,(H2,11,13). The van der Waals surface area contributed by atoms with Gasteiger partial charge in [-0.2, -0.15) is 4.31 Å². The first-order chi connectivity index (χ1) is 7.91. The topological polar surface area (TPSA) is 106 Å². The minimum absolute atomic E-state index is 0.162. The zero-order chi connectivity index (χ0) is 12.6. The Kier molecular flexibility index (Phi) is 3.11. The number of nitrogens with zero attached hydrogens (tertiary/aromatic N) is 1. The molecule has 94 valence electrons. The molecule has 0 bridgehead atoms. The summed E-state index contributed by atoms with van der Waals surface area (Å²) in [6, 6.07) is 1.43. The molecule has 0 spiro atoms. The van der Waals surface area contributed by atoms with Gasteiger partial charge in [0.05, 0.1) is 5.92 Å².